The van der Waals surface area contributed by atoms with Crippen molar-refractivity contribution in [3.63, 3.8) is 0 Å². The summed E-state index contributed by atoms with van der Waals surface area (Å²) >= 11 is 1.54. The van der Waals surface area contributed by atoms with Crippen LogP contribution in [0.4, 0.5) is 5.69 Å². The number of amides is 1. The number of carbonyl (C=O) groups excluding carboxylic acids is 1. The molecule has 0 saturated heterocycles. The summed E-state index contributed by atoms with van der Waals surface area (Å²) in [6.07, 6.45) is 0. The van der Waals surface area contributed by atoms with Crippen LogP contribution >= 0.6 is 11.8 Å². The molecule has 2 aromatic rings. The van der Waals surface area contributed by atoms with Crippen LogP contribution in [0.2, 0.25) is 0 Å². The van der Waals surface area contributed by atoms with Gasteiger partial charge in [-0.2, -0.15) is 0 Å². The van der Waals surface area contributed by atoms with Crippen molar-refractivity contribution >= 4 is 23.4 Å². The van der Waals surface area contributed by atoms with Gasteiger partial charge in [0.1, 0.15) is 5.75 Å². The van der Waals surface area contributed by atoms with Gasteiger partial charge in [-0.05, 0) is 31.2 Å². The number of rotatable bonds is 5. The first kappa shape index (κ1) is 14.5. The molecule has 2 aromatic carbocycles. The molecule has 0 fully saturated rings. The second-order valence-electron chi connectivity index (χ2n) is 4.29. The maximum Gasteiger partial charge on any atom is 0.237 e. The number of nitrogens with one attached hydrogen (secondary N) is 1. The molecule has 4 heteroatoms. The predicted molar refractivity (Wildman–Crippen MR) is 83.4 cm³/mol. The van der Waals surface area contributed by atoms with Crippen LogP contribution in [0.15, 0.2) is 59.5 Å². The molecule has 0 spiro atoms. The predicted octanol–water partition coefficient (Wildman–Crippen LogP) is 3.81. The van der Waals surface area contributed by atoms with E-state index in [0.29, 0.717) is 0 Å². The zero-order valence-corrected chi connectivity index (χ0v) is 12.3. The minimum absolute atomic E-state index is 0.0212. The molecule has 0 saturated carbocycles. The molecule has 1 N–H and O–H groups in total. The fourth-order valence-corrected chi connectivity index (χ4v) is 2.59. The third-order valence-corrected chi connectivity index (χ3v) is 3.87. The lowest BCUT2D eigenvalue weighted by Crippen LogP contribution is -2.22. The van der Waals surface area contributed by atoms with E-state index in [9.17, 15) is 4.79 Å². The van der Waals surface area contributed by atoms with Crippen LogP contribution in [0.3, 0.4) is 0 Å². The highest BCUT2D eigenvalue weighted by Gasteiger charge is 2.14. The van der Waals surface area contributed by atoms with Crippen molar-refractivity contribution in [2.24, 2.45) is 0 Å². The van der Waals surface area contributed by atoms with E-state index in [1.165, 1.54) is 11.8 Å². The molecule has 0 aliphatic rings. The molecular weight excluding hydrogens is 270 g/mol. The van der Waals surface area contributed by atoms with Crippen molar-refractivity contribution < 1.29 is 9.53 Å². The average molecular weight is 287 g/mol. The lowest BCUT2D eigenvalue weighted by Gasteiger charge is -2.12. The number of benzene rings is 2. The van der Waals surface area contributed by atoms with Crippen molar-refractivity contribution in [1.82, 2.24) is 0 Å². The first-order valence-corrected chi connectivity index (χ1v) is 7.23. The summed E-state index contributed by atoms with van der Waals surface area (Å²) in [5.74, 6) is 0.707. The molecule has 0 radical (unpaired) electrons. The molecule has 1 atom stereocenters. The first-order chi connectivity index (χ1) is 9.69. The molecular formula is C16H17NO2S. The van der Waals surface area contributed by atoms with Gasteiger partial charge in [-0.3, -0.25) is 4.79 Å². The minimum atomic E-state index is -0.163. The second kappa shape index (κ2) is 7.01. The number of methoxy groups -OCH3 is 1. The highest BCUT2D eigenvalue weighted by Crippen LogP contribution is 2.24. The lowest BCUT2D eigenvalue weighted by molar-refractivity contribution is -0.115. The summed E-state index contributed by atoms with van der Waals surface area (Å²) in [6.45, 7) is 1.90. The van der Waals surface area contributed by atoms with Gasteiger partial charge >= 0.3 is 0 Å². The quantitative estimate of drug-likeness (QED) is 0.850. The second-order valence-corrected chi connectivity index (χ2v) is 5.71. The Balaban J connectivity index is 1.97. The molecule has 104 valence electrons. The van der Waals surface area contributed by atoms with Crippen molar-refractivity contribution in [2.45, 2.75) is 17.1 Å². The van der Waals surface area contributed by atoms with Gasteiger partial charge in [0.25, 0.3) is 0 Å². The molecule has 3 nitrogen and oxygen atoms in total. The third-order valence-electron chi connectivity index (χ3n) is 2.76. The van der Waals surface area contributed by atoms with Crippen LogP contribution in [0.5, 0.6) is 5.75 Å². The molecule has 2 rings (SSSR count). The van der Waals surface area contributed by atoms with E-state index in [1.54, 1.807) is 13.2 Å². The molecule has 0 unspecified atom stereocenters. The number of ether oxygens (including phenoxy) is 1. The summed E-state index contributed by atoms with van der Waals surface area (Å²) in [4.78, 5) is 13.2. The van der Waals surface area contributed by atoms with E-state index in [-0.39, 0.29) is 11.2 Å². The van der Waals surface area contributed by atoms with Crippen molar-refractivity contribution in [2.75, 3.05) is 12.4 Å². The molecule has 0 heterocycles. The van der Waals surface area contributed by atoms with E-state index < -0.39 is 0 Å². The Bertz CT molecular complexity index is 572. The summed E-state index contributed by atoms with van der Waals surface area (Å²) in [6, 6.07) is 17.2. The number of thioether (sulfide) groups is 1. The number of hydrogen-bond acceptors (Lipinski definition) is 3. The Kier molecular flexibility index (Phi) is 5.07. The van der Waals surface area contributed by atoms with Crippen LogP contribution in [0, 0.1) is 0 Å². The standard InChI is InChI=1S/C16H17NO2S/c1-12(20-15-9-4-3-5-10-15)16(18)17-13-7-6-8-14(11-13)19-2/h3-12H,1-2H3,(H,17,18)/t12-/m0/s1. The summed E-state index contributed by atoms with van der Waals surface area (Å²) in [5.41, 5.74) is 0.745. The molecule has 1 amide bonds. The fraction of sp³-hybridized carbons (Fsp3) is 0.188. The van der Waals surface area contributed by atoms with Crippen LogP contribution in [0.1, 0.15) is 6.92 Å². The number of carbonyl (C=O) groups is 1. The smallest absolute Gasteiger partial charge is 0.237 e. The normalized spacial score (nSPS) is 11.7. The van der Waals surface area contributed by atoms with Gasteiger partial charge in [0.15, 0.2) is 0 Å². The summed E-state index contributed by atoms with van der Waals surface area (Å²) < 4.78 is 5.14. The highest BCUT2D eigenvalue weighted by molar-refractivity contribution is 8.00. The van der Waals surface area contributed by atoms with E-state index in [2.05, 4.69) is 5.32 Å². The van der Waals surface area contributed by atoms with Crippen LogP contribution in [0.25, 0.3) is 0 Å². The Morgan fingerprint density at radius 1 is 1.15 bits per heavy atom. The molecule has 0 bridgehead atoms. The summed E-state index contributed by atoms with van der Waals surface area (Å²) in [5, 5.41) is 2.73. The Hall–Kier alpha value is -1.94. The number of anilines is 1. The maximum atomic E-state index is 12.1. The van der Waals surface area contributed by atoms with Crippen molar-refractivity contribution in [3.05, 3.63) is 54.6 Å². The maximum absolute atomic E-state index is 12.1. The van der Waals surface area contributed by atoms with E-state index in [0.717, 1.165) is 16.3 Å². The Morgan fingerprint density at radius 3 is 2.60 bits per heavy atom. The topological polar surface area (TPSA) is 38.3 Å². The third kappa shape index (κ3) is 4.03. The van der Waals surface area contributed by atoms with Gasteiger partial charge in [-0.1, -0.05) is 24.3 Å². The van der Waals surface area contributed by atoms with Crippen LogP contribution < -0.4 is 10.1 Å². The summed E-state index contributed by atoms with van der Waals surface area (Å²) in [7, 11) is 1.61. The van der Waals surface area contributed by atoms with Gasteiger partial charge < -0.3 is 10.1 Å². The molecule has 0 aromatic heterocycles. The van der Waals surface area contributed by atoms with Gasteiger partial charge in [-0.25, -0.2) is 0 Å². The highest BCUT2D eigenvalue weighted by atomic mass is 32.2. The number of hydrogen-bond donors (Lipinski definition) is 1. The zero-order valence-electron chi connectivity index (χ0n) is 11.5. The largest absolute Gasteiger partial charge is 0.497 e. The van der Waals surface area contributed by atoms with E-state index in [1.807, 2.05) is 55.5 Å². The molecule has 0 aliphatic heterocycles. The van der Waals surface area contributed by atoms with Gasteiger partial charge in [-0.15, -0.1) is 11.8 Å². The van der Waals surface area contributed by atoms with Crippen molar-refractivity contribution in [1.29, 1.82) is 0 Å². The SMILES string of the molecule is COc1cccc(NC(=O)[C@H](C)Sc2ccccc2)c1. The Morgan fingerprint density at radius 2 is 1.90 bits per heavy atom. The zero-order chi connectivity index (χ0) is 14.4. The lowest BCUT2D eigenvalue weighted by atomic mass is 10.3. The Labute approximate surface area is 123 Å². The van der Waals surface area contributed by atoms with E-state index in [4.69, 9.17) is 4.74 Å². The first-order valence-electron chi connectivity index (χ1n) is 6.35. The molecule has 20 heavy (non-hydrogen) atoms. The van der Waals surface area contributed by atoms with Crippen LogP contribution in [-0.2, 0) is 4.79 Å². The van der Waals surface area contributed by atoms with Gasteiger partial charge in [0, 0.05) is 16.6 Å². The molecule has 0 aliphatic carbocycles. The van der Waals surface area contributed by atoms with Crippen molar-refractivity contribution in [3.8, 4) is 5.75 Å². The fourth-order valence-electron chi connectivity index (χ4n) is 1.70. The monoisotopic (exact) mass is 287 g/mol. The average Bonchev–Trinajstić information content (AvgIpc) is 2.48. The van der Waals surface area contributed by atoms with Gasteiger partial charge in [0.05, 0.1) is 12.4 Å². The van der Waals surface area contributed by atoms with Crippen LogP contribution in [-0.4, -0.2) is 18.3 Å². The minimum Gasteiger partial charge on any atom is -0.497 e. The van der Waals surface area contributed by atoms with Gasteiger partial charge in [0.2, 0.25) is 5.91 Å². The van der Waals surface area contributed by atoms with E-state index >= 15 is 0 Å².